The van der Waals surface area contributed by atoms with E-state index in [2.05, 4.69) is 4.85 Å². The fourth-order valence-electron chi connectivity index (χ4n) is 7.53. The van der Waals surface area contributed by atoms with Crippen LogP contribution in [-0.2, 0) is 28.6 Å². The van der Waals surface area contributed by atoms with Crippen LogP contribution < -0.4 is 14.7 Å². The van der Waals surface area contributed by atoms with E-state index in [-0.39, 0.29) is 36.1 Å². The number of nitriles is 1. The Morgan fingerprint density at radius 1 is 0.541 bits per heavy atom. The molecule has 0 aliphatic heterocycles. The molecule has 6 aromatic carbocycles. The first-order chi connectivity index (χ1) is 35.8. The maximum absolute atomic E-state index is 12.2. The lowest BCUT2D eigenvalue weighted by Crippen LogP contribution is -2.09. The molecule has 0 radical (unpaired) electrons. The Hall–Kier alpha value is -9.37. The number of ether oxygens (including phenoxy) is 3. The van der Waals surface area contributed by atoms with Gasteiger partial charge in [0.1, 0.15) is 11.6 Å². The molecule has 0 amide bonds. The molecule has 370 valence electrons. The molecular weight excluding hydrogens is 952 g/mol. The molecule has 0 bridgehead atoms. The van der Waals surface area contributed by atoms with E-state index in [1.54, 1.807) is 20.8 Å². The van der Waals surface area contributed by atoms with Crippen LogP contribution in [0.25, 0.3) is 56.2 Å². The average molecular weight is 1000 g/mol. The molecule has 1 aromatic heterocycles. The van der Waals surface area contributed by atoms with Crippen LogP contribution in [-0.4, -0.2) is 73.8 Å². The predicted molar refractivity (Wildman–Crippen MR) is 292 cm³/mol. The lowest BCUT2D eigenvalue weighted by atomic mass is 10.1. The van der Waals surface area contributed by atoms with Crippen LogP contribution in [0.15, 0.2) is 163 Å². The lowest BCUT2D eigenvalue weighted by Gasteiger charge is -2.20. The molecule has 14 nitrogen and oxygen atoms in total. The number of benzene rings is 6. The standard InChI is InChI=1S/C59H51ClN8O6/c1-8-72-54(69)37-52(60)41-15-27-48(28-16-41)68(7)51-33-21-44(22-34-51)57-64-55(42-17-29-49(30-18-42)66(5)46-23-11-39(12-24-46)35-45(38-61)58(70)73-9-2)63-56(65-57)43-19-31-50(32-20-43)67(6)47-25-13-40(14-26-47)36-53(62-4)59(71)74-10-3/h11-37H,8-10H2,1-3,5-7H3/b45-35+,52-37-,53-36-. The van der Waals surface area contributed by atoms with E-state index in [9.17, 15) is 19.6 Å². The molecule has 0 aliphatic carbocycles. The number of nitrogens with zero attached hydrogens (tertiary/aromatic N) is 8. The molecule has 7 rings (SSSR count). The second-order valence-corrected chi connectivity index (χ2v) is 16.8. The fraction of sp³-hybridized carbons (Fsp3) is 0.153. The highest BCUT2D eigenvalue weighted by molar-refractivity contribution is 6.50. The quantitative estimate of drug-likeness (QED) is 0.0263. The number of hydrogen-bond donors (Lipinski definition) is 0. The molecule has 0 fully saturated rings. The van der Waals surface area contributed by atoms with Crippen LogP contribution in [0.3, 0.4) is 0 Å². The highest BCUT2D eigenvalue weighted by Crippen LogP contribution is 2.33. The number of anilines is 6. The molecule has 7 aromatic rings. The summed E-state index contributed by atoms with van der Waals surface area (Å²) in [6, 6.07) is 48.2. The molecule has 0 spiro atoms. The summed E-state index contributed by atoms with van der Waals surface area (Å²) >= 11 is 6.40. The van der Waals surface area contributed by atoms with Gasteiger partial charge in [-0.1, -0.05) is 48.0 Å². The van der Waals surface area contributed by atoms with E-state index in [1.165, 1.54) is 18.2 Å². The van der Waals surface area contributed by atoms with Crippen molar-refractivity contribution in [3.05, 3.63) is 191 Å². The van der Waals surface area contributed by atoms with E-state index in [0.717, 1.165) is 50.8 Å². The Bertz CT molecular complexity index is 3150. The van der Waals surface area contributed by atoms with Gasteiger partial charge in [-0.3, -0.25) is 4.79 Å². The Labute approximate surface area is 435 Å². The van der Waals surface area contributed by atoms with Crippen LogP contribution in [0.4, 0.5) is 34.1 Å². The summed E-state index contributed by atoms with van der Waals surface area (Å²) in [6.07, 6.45) is 4.29. The molecule has 0 N–H and O–H groups in total. The number of esters is 3. The first-order valence-electron chi connectivity index (χ1n) is 23.5. The zero-order valence-electron chi connectivity index (χ0n) is 41.6. The van der Waals surface area contributed by atoms with Crippen molar-refractivity contribution in [2.45, 2.75) is 20.8 Å². The number of carbonyl (C=O) groups is 3. The van der Waals surface area contributed by atoms with Gasteiger partial charge in [-0.15, -0.1) is 0 Å². The zero-order chi connectivity index (χ0) is 52.7. The predicted octanol–water partition coefficient (Wildman–Crippen LogP) is 12.6. The number of aromatic nitrogens is 3. The van der Waals surface area contributed by atoms with Gasteiger partial charge in [-0.05, 0) is 159 Å². The molecule has 15 heteroatoms. The van der Waals surface area contributed by atoms with E-state index in [1.807, 2.05) is 188 Å². The molecule has 74 heavy (non-hydrogen) atoms. The molecule has 0 atom stereocenters. The van der Waals surface area contributed by atoms with Crippen LogP contribution in [0.1, 0.15) is 37.5 Å². The number of halogens is 1. The largest absolute Gasteiger partial charge is 0.471 e. The van der Waals surface area contributed by atoms with Crippen molar-refractivity contribution >= 4 is 80.8 Å². The summed E-state index contributed by atoms with van der Waals surface area (Å²) < 4.78 is 15.0. The number of rotatable bonds is 18. The van der Waals surface area contributed by atoms with Crippen molar-refractivity contribution in [1.29, 1.82) is 5.26 Å². The molecule has 1 heterocycles. The molecule has 0 saturated heterocycles. The maximum atomic E-state index is 12.2. The Morgan fingerprint density at radius 3 is 1.23 bits per heavy atom. The van der Waals surface area contributed by atoms with Crippen LogP contribution in [0.2, 0.25) is 0 Å². The van der Waals surface area contributed by atoms with Crippen molar-refractivity contribution in [3.8, 4) is 40.2 Å². The van der Waals surface area contributed by atoms with Gasteiger partial charge in [-0.25, -0.2) is 29.4 Å². The molecule has 0 saturated carbocycles. The topological polar surface area (TPSA) is 155 Å². The van der Waals surface area contributed by atoms with Gasteiger partial charge in [0.15, 0.2) is 17.5 Å². The van der Waals surface area contributed by atoms with Gasteiger partial charge in [0.05, 0.1) is 31.4 Å². The number of hydrogen-bond acceptors (Lipinski definition) is 13. The zero-order valence-corrected chi connectivity index (χ0v) is 42.4. The fourth-order valence-corrected chi connectivity index (χ4v) is 7.74. The van der Waals surface area contributed by atoms with Gasteiger partial charge < -0.3 is 28.9 Å². The Balaban J connectivity index is 1.17. The minimum absolute atomic E-state index is 0.0734. The second-order valence-electron chi connectivity index (χ2n) is 16.4. The Morgan fingerprint density at radius 2 is 0.878 bits per heavy atom. The lowest BCUT2D eigenvalue weighted by molar-refractivity contribution is -0.138. The van der Waals surface area contributed by atoms with E-state index in [0.29, 0.717) is 34.2 Å². The third-order valence-electron chi connectivity index (χ3n) is 11.6. The van der Waals surface area contributed by atoms with Gasteiger partial charge in [-0.2, -0.15) is 5.26 Å². The van der Waals surface area contributed by atoms with Gasteiger partial charge in [0.25, 0.3) is 5.70 Å². The number of carbonyl (C=O) groups excluding carboxylic acids is 3. The third kappa shape index (κ3) is 12.9. The van der Waals surface area contributed by atoms with Crippen LogP contribution in [0.5, 0.6) is 0 Å². The first kappa shape index (κ1) is 52.5. The van der Waals surface area contributed by atoms with E-state index in [4.69, 9.17) is 47.3 Å². The minimum atomic E-state index is -0.660. The normalized spacial score (nSPS) is 11.4. The van der Waals surface area contributed by atoms with Crippen molar-refractivity contribution in [1.82, 2.24) is 15.0 Å². The minimum Gasteiger partial charge on any atom is -0.471 e. The van der Waals surface area contributed by atoms with E-state index < -0.39 is 17.9 Å². The Kier molecular flexibility index (Phi) is 17.5. The van der Waals surface area contributed by atoms with Gasteiger partial charge in [0, 0.05) is 78.0 Å². The van der Waals surface area contributed by atoms with Crippen LogP contribution in [0, 0.1) is 17.9 Å². The summed E-state index contributed by atoms with van der Waals surface area (Å²) in [6.45, 7) is 13.2. The smallest absolute Gasteiger partial charge is 0.348 e. The summed E-state index contributed by atoms with van der Waals surface area (Å²) in [5.74, 6) is -0.387. The van der Waals surface area contributed by atoms with E-state index >= 15 is 0 Å². The summed E-state index contributed by atoms with van der Waals surface area (Å²) in [7, 11) is 5.86. The monoisotopic (exact) mass is 1000 g/mol. The summed E-state index contributed by atoms with van der Waals surface area (Å²) in [5, 5.41) is 9.76. The average Bonchev–Trinajstić information content (AvgIpc) is 3.43. The summed E-state index contributed by atoms with van der Waals surface area (Å²) in [5.41, 5.74) is 9.63. The highest BCUT2D eigenvalue weighted by Gasteiger charge is 2.17. The van der Waals surface area contributed by atoms with Gasteiger partial charge >= 0.3 is 17.9 Å². The van der Waals surface area contributed by atoms with Crippen molar-refractivity contribution in [2.75, 3.05) is 55.7 Å². The van der Waals surface area contributed by atoms with Crippen molar-refractivity contribution in [3.63, 3.8) is 0 Å². The SMILES string of the molecule is [C-]#[N+]/C(=C\c1ccc(N(C)c2ccc(-c3nc(-c4ccc(N(C)c5ccc(/C=C(\C#N)C(=O)OCC)cc5)cc4)nc(-c4ccc(N(C)c5ccc(/C(Cl)=C/C(=O)OCC)cc5)cc4)n3)cc2)cc1)C(=O)OCC. The maximum Gasteiger partial charge on any atom is 0.348 e. The molecular formula is C59H51ClN8O6. The van der Waals surface area contributed by atoms with Crippen molar-refractivity contribution < 1.29 is 28.6 Å². The third-order valence-corrected chi connectivity index (χ3v) is 12.0. The second kappa shape index (κ2) is 24.6. The van der Waals surface area contributed by atoms with Gasteiger partial charge in [0.2, 0.25) is 0 Å². The van der Waals surface area contributed by atoms with Crippen LogP contribution >= 0.6 is 11.6 Å². The summed E-state index contributed by atoms with van der Waals surface area (Å²) in [4.78, 5) is 60.7. The van der Waals surface area contributed by atoms with Crippen molar-refractivity contribution in [2.24, 2.45) is 0 Å². The molecule has 0 aliphatic rings. The molecule has 0 unspecified atom stereocenters. The first-order valence-corrected chi connectivity index (χ1v) is 23.9. The highest BCUT2D eigenvalue weighted by atomic mass is 35.5.